The Balaban J connectivity index is 2.69. The van der Waals surface area contributed by atoms with E-state index < -0.39 is 12.0 Å². The van der Waals surface area contributed by atoms with Crippen LogP contribution in [0.1, 0.15) is 46.1 Å². The molecule has 1 heterocycles. The van der Waals surface area contributed by atoms with Crippen molar-refractivity contribution in [3.05, 3.63) is 29.8 Å². The number of carboxylic acids is 1. The molecule has 0 spiro atoms. The van der Waals surface area contributed by atoms with Crippen LogP contribution >= 0.6 is 0 Å². The molecular formula is C18H25NO3. The van der Waals surface area contributed by atoms with E-state index >= 15 is 0 Å². The van der Waals surface area contributed by atoms with Gasteiger partial charge in [-0.3, -0.25) is 0 Å². The van der Waals surface area contributed by atoms with Crippen molar-refractivity contribution in [1.82, 2.24) is 0 Å². The second-order valence-corrected chi connectivity index (χ2v) is 6.35. The Morgan fingerprint density at radius 3 is 2.64 bits per heavy atom. The largest absolute Gasteiger partial charge is 0.495 e. The van der Waals surface area contributed by atoms with Crippen molar-refractivity contribution in [1.29, 1.82) is 0 Å². The number of methoxy groups -OCH3 is 1. The van der Waals surface area contributed by atoms with Crippen LogP contribution in [0.3, 0.4) is 0 Å². The van der Waals surface area contributed by atoms with Crippen LogP contribution in [-0.2, 0) is 4.79 Å². The average molecular weight is 303 g/mol. The Kier molecular flexibility index (Phi) is 4.50. The highest BCUT2D eigenvalue weighted by molar-refractivity contribution is 5.89. The lowest BCUT2D eigenvalue weighted by Crippen LogP contribution is -2.54. The van der Waals surface area contributed by atoms with Gasteiger partial charge in [-0.05, 0) is 38.8 Å². The van der Waals surface area contributed by atoms with Gasteiger partial charge in [-0.15, -0.1) is 0 Å². The van der Waals surface area contributed by atoms with Crippen LogP contribution < -0.4 is 9.64 Å². The van der Waals surface area contributed by atoms with Gasteiger partial charge in [0.25, 0.3) is 0 Å². The first-order chi connectivity index (χ1) is 10.3. The number of nitrogens with zero attached hydrogens (tertiary/aromatic N) is 1. The fraction of sp³-hybridized carbons (Fsp3) is 0.500. The molecular weight excluding hydrogens is 278 g/mol. The number of fused-ring (bicyclic) bond motifs is 1. The second kappa shape index (κ2) is 6.03. The highest BCUT2D eigenvalue weighted by Gasteiger charge is 2.40. The molecule has 0 radical (unpaired) electrons. The Hall–Kier alpha value is -1.97. The molecule has 22 heavy (non-hydrogen) atoms. The number of carbonyl (C=O) groups is 1. The van der Waals surface area contributed by atoms with E-state index in [1.807, 2.05) is 30.0 Å². The Bertz CT molecular complexity index is 604. The fourth-order valence-corrected chi connectivity index (χ4v) is 3.41. The van der Waals surface area contributed by atoms with E-state index in [1.165, 1.54) is 0 Å². The van der Waals surface area contributed by atoms with E-state index in [1.54, 1.807) is 7.11 Å². The van der Waals surface area contributed by atoms with Gasteiger partial charge < -0.3 is 14.7 Å². The van der Waals surface area contributed by atoms with Gasteiger partial charge in [0.05, 0.1) is 18.3 Å². The maximum Gasteiger partial charge on any atom is 0.326 e. The molecule has 1 aliphatic heterocycles. The van der Waals surface area contributed by atoms with Crippen LogP contribution in [0.4, 0.5) is 5.69 Å². The number of hydrogen-bond donors (Lipinski definition) is 1. The molecule has 4 heteroatoms. The normalized spacial score (nSPS) is 17.5. The number of para-hydroxylation sites is 1. The molecule has 2 rings (SSSR count). The third-order valence-corrected chi connectivity index (χ3v) is 4.23. The summed E-state index contributed by atoms with van der Waals surface area (Å²) in [5.41, 5.74) is 2.69. The summed E-state index contributed by atoms with van der Waals surface area (Å²) in [4.78, 5) is 13.9. The first kappa shape index (κ1) is 16.4. The molecule has 0 saturated carbocycles. The van der Waals surface area contributed by atoms with Gasteiger partial charge in [-0.1, -0.05) is 31.6 Å². The summed E-state index contributed by atoms with van der Waals surface area (Å²) in [5, 5.41) is 9.74. The first-order valence-electron chi connectivity index (χ1n) is 7.72. The molecule has 1 aromatic rings. The van der Waals surface area contributed by atoms with Crippen LogP contribution in [-0.4, -0.2) is 29.8 Å². The molecule has 0 aliphatic carbocycles. The van der Waals surface area contributed by atoms with E-state index in [-0.39, 0.29) is 5.54 Å². The minimum absolute atomic E-state index is 0.385. The molecule has 4 nitrogen and oxygen atoms in total. The molecule has 0 fully saturated rings. The maximum atomic E-state index is 11.9. The van der Waals surface area contributed by atoms with Crippen molar-refractivity contribution in [2.45, 2.75) is 52.1 Å². The van der Waals surface area contributed by atoms with E-state index in [0.29, 0.717) is 6.42 Å². The van der Waals surface area contributed by atoms with Crippen molar-refractivity contribution in [2.75, 3.05) is 12.0 Å². The number of aliphatic carboxylic acids is 1. The highest BCUT2D eigenvalue weighted by Crippen LogP contribution is 2.45. The zero-order valence-corrected chi connectivity index (χ0v) is 14.0. The number of rotatable bonds is 5. The van der Waals surface area contributed by atoms with Gasteiger partial charge in [0, 0.05) is 5.56 Å². The molecule has 1 aromatic carbocycles. The molecule has 0 bridgehead atoms. The van der Waals surface area contributed by atoms with E-state index in [9.17, 15) is 9.90 Å². The Morgan fingerprint density at radius 2 is 2.09 bits per heavy atom. The monoisotopic (exact) mass is 303 g/mol. The number of benzene rings is 1. The van der Waals surface area contributed by atoms with Crippen molar-refractivity contribution in [2.24, 2.45) is 0 Å². The summed E-state index contributed by atoms with van der Waals surface area (Å²) in [6, 6.07) is 5.29. The summed E-state index contributed by atoms with van der Waals surface area (Å²) in [7, 11) is 1.63. The van der Waals surface area contributed by atoms with Crippen molar-refractivity contribution in [3.8, 4) is 5.75 Å². The topological polar surface area (TPSA) is 49.8 Å². The number of allylic oxidation sites excluding steroid dienone is 1. The van der Waals surface area contributed by atoms with Gasteiger partial charge in [0.15, 0.2) is 0 Å². The smallest absolute Gasteiger partial charge is 0.326 e. The number of carboxylic acid groups (broad SMARTS) is 1. The molecule has 120 valence electrons. The SMILES string of the molecule is CCC[C@@H](C(=O)O)N1c2c(OC)cccc2C(C)=CC1(C)C. The summed E-state index contributed by atoms with van der Waals surface area (Å²) in [5.74, 6) is -0.0693. The number of hydrogen-bond acceptors (Lipinski definition) is 3. The van der Waals surface area contributed by atoms with Crippen LogP contribution in [0.5, 0.6) is 5.75 Å². The van der Waals surface area contributed by atoms with Crippen LogP contribution in [0.2, 0.25) is 0 Å². The Labute approximate surface area is 132 Å². The lowest BCUT2D eigenvalue weighted by molar-refractivity contribution is -0.139. The quantitative estimate of drug-likeness (QED) is 0.895. The van der Waals surface area contributed by atoms with Crippen LogP contribution in [0.25, 0.3) is 5.57 Å². The van der Waals surface area contributed by atoms with Crippen LogP contribution in [0, 0.1) is 0 Å². The minimum atomic E-state index is -0.792. The molecule has 0 unspecified atom stereocenters. The third kappa shape index (κ3) is 2.70. The summed E-state index contributed by atoms with van der Waals surface area (Å²) in [6.07, 6.45) is 3.56. The van der Waals surface area contributed by atoms with Gasteiger partial charge in [-0.25, -0.2) is 4.79 Å². The molecule has 0 saturated heterocycles. The predicted octanol–water partition coefficient (Wildman–Crippen LogP) is 3.95. The van der Waals surface area contributed by atoms with Crippen molar-refractivity contribution in [3.63, 3.8) is 0 Å². The average Bonchev–Trinajstić information content (AvgIpc) is 2.44. The molecule has 0 aromatic heterocycles. The maximum absolute atomic E-state index is 11.9. The van der Waals surface area contributed by atoms with Crippen molar-refractivity contribution < 1.29 is 14.6 Å². The lowest BCUT2D eigenvalue weighted by Gasteiger charge is -2.46. The molecule has 0 amide bonds. The molecule has 1 N–H and O–H groups in total. The first-order valence-corrected chi connectivity index (χ1v) is 7.72. The fourth-order valence-electron chi connectivity index (χ4n) is 3.41. The second-order valence-electron chi connectivity index (χ2n) is 6.35. The standard InChI is InChI=1S/C18H25NO3/c1-6-8-14(17(20)21)19-16-13(9-7-10-15(16)22-5)12(2)11-18(19,3)4/h7,9-11,14H,6,8H2,1-5H3,(H,20,21)/t14-/m0/s1. The van der Waals surface area contributed by atoms with E-state index in [0.717, 1.165) is 29.0 Å². The third-order valence-electron chi connectivity index (χ3n) is 4.23. The minimum Gasteiger partial charge on any atom is -0.495 e. The van der Waals surface area contributed by atoms with E-state index in [2.05, 4.69) is 26.8 Å². The molecule has 1 atom stereocenters. The van der Waals surface area contributed by atoms with E-state index in [4.69, 9.17) is 4.74 Å². The number of anilines is 1. The number of ether oxygens (including phenoxy) is 1. The van der Waals surface area contributed by atoms with Crippen LogP contribution in [0.15, 0.2) is 24.3 Å². The summed E-state index contributed by atoms with van der Waals surface area (Å²) in [6.45, 7) is 8.18. The zero-order chi connectivity index (χ0) is 16.5. The Morgan fingerprint density at radius 1 is 1.41 bits per heavy atom. The van der Waals surface area contributed by atoms with Crippen molar-refractivity contribution >= 4 is 17.2 Å². The predicted molar refractivity (Wildman–Crippen MR) is 89.5 cm³/mol. The molecule has 1 aliphatic rings. The van der Waals surface area contributed by atoms with Gasteiger partial charge in [0.2, 0.25) is 0 Å². The lowest BCUT2D eigenvalue weighted by atomic mass is 9.86. The summed E-state index contributed by atoms with van der Waals surface area (Å²) < 4.78 is 5.53. The van der Waals surface area contributed by atoms with Gasteiger partial charge >= 0.3 is 5.97 Å². The highest BCUT2D eigenvalue weighted by atomic mass is 16.5. The van der Waals surface area contributed by atoms with Gasteiger partial charge in [-0.2, -0.15) is 0 Å². The summed E-state index contributed by atoms with van der Waals surface area (Å²) >= 11 is 0. The van der Waals surface area contributed by atoms with Gasteiger partial charge in [0.1, 0.15) is 11.8 Å². The zero-order valence-electron chi connectivity index (χ0n) is 14.0.